The molecule has 0 aliphatic rings. The van der Waals surface area contributed by atoms with Gasteiger partial charge >= 0.3 is 0 Å². The molecule has 1 amide bonds. The van der Waals surface area contributed by atoms with E-state index in [0.29, 0.717) is 20.9 Å². The van der Waals surface area contributed by atoms with Crippen molar-refractivity contribution in [3.05, 3.63) is 56.9 Å². The van der Waals surface area contributed by atoms with Crippen LogP contribution >= 0.6 is 22.9 Å². The molecule has 3 rings (SSSR count). The zero-order valence-electron chi connectivity index (χ0n) is 12.5. The number of aryl methyl sites for hydroxylation is 1. The molecule has 0 unspecified atom stereocenters. The molecule has 5 nitrogen and oxygen atoms in total. The van der Waals surface area contributed by atoms with Crippen molar-refractivity contribution in [2.24, 2.45) is 0 Å². The number of rotatable bonds is 3. The highest BCUT2D eigenvalue weighted by molar-refractivity contribution is 7.18. The van der Waals surface area contributed by atoms with Gasteiger partial charge in [0.05, 0.1) is 22.4 Å². The van der Waals surface area contributed by atoms with Crippen LogP contribution in [0.4, 0.5) is 5.69 Å². The van der Waals surface area contributed by atoms with Gasteiger partial charge in [0.1, 0.15) is 10.9 Å². The molecule has 0 saturated carbocycles. The lowest BCUT2D eigenvalue weighted by atomic mass is 10.2. The van der Waals surface area contributed by atoms with Crippen LogP contribution in [0.2, 0.25) is 5.02 Å². The number of fused-ring (bicyclic) bond motifs is 1. The Bertz CT molecular complexity index is 948. The zero-order valence-corrected chi connectivity index (χ0v) is 14.1. The van der Waals surface area contributed by atoms with Crippen LogP contribution in [0.15, 0.2) is 41.5 Å². The number of hydrogen-bond donors (Lipinski definition) is 1. The van der Waals surface area contributed by atoms with E-state index in [1.807, 2.05) is 6.92 Å². The molecule has 7 heteroatoms. The molecular weight excluding hydrogens is 334 g/mol. The molecule has 1 aromatic carbocycles. The Balaban J connectivity index is 1.92. The van der Waals surface area contributed by atoms with Gasteiger partial charge in [-0.2, -0.15) is 0 Å². The number of amides is 1. The van der Waals surface area contributed by atoms with Crippen LogP contribution in [-0.4, -0.2) is 15.5 Å². The Morgan fingerprint density at radius 1 is 1.39 bits per heavy atom. The number of benzene rings is 1. The predicted molar refractivity (Wildman–Crippen MR) is 93.4 cm³/mol. The van der Waals surface area contributed by atoms with E-state index in [2.05, 4.69) is 10.3 Å². The van der Waals surface area contributed by atoms with Gasteiger partial charge in [-0.15, -0.1) is 11.3 Å². The molecule has 3 aromatic rings. The molecule has 0 spiro atoms. The van der Waals surface area contributed by atoms with Crippen molar-refractivity contribution in [3.8, 4) is 0 Å². The van der Waals surface area contributed by atoms with Gasteiger partial charge in [-0.3, -0.25) is 14.2 Å². The van der Waals surface area contributed by atoms with E-state index in [1.165, 1.54) is 22.2 Å². The number of halogens is 1. The van der Waals surface area contributed by atoms with Crippen LogP contribution in [0.3, 0.4) is 0 Å². The SMILES string of the molecule is Cc1cc2c(=O)n([C@@H](C)C(=O)Nc3ccccc3Cl)cnc2s1. The second-order valence-electron chi connectivity index (χ2n) is 5.18. The maximum absolute atomic E-state index is 12.5. The first kappa shape index (κ1) is 15.7. The normalized spacial score (nSPS) is 12.3. The monoisotopic (exact) mass is 347 g/mol. The molecule has 0 radical (unpaired) electrons. The highest BCUT2D eigenvalue weighted by Crippen LogP contribution is 2.22. The van der Waals surface area contributed by atoms with Gasteiger partial charge in [0.15, 0.2) is 0 Å². The van der Waals surface area contributed by atoms with E-state index in [0.717, 1.165) is 4.88 Å². The minimum atomic E-state index is -0.698. The minimum absolute atomic E-state index is 0.221. The molecule has 2 heterocycles. The van der Waals surface area contributed by atoms with Crippen molar-refractivity contribution >= 4 is 44.7 Å². The summed E-state index contributed by atoms with van der Waals surface area (Å²) in [5, 5.41) is 3.71. The van der Waals surface area contributed by atoms with E-state index >= 15 is 0 Å². The first-order chi connectivity index (χ1) is 11.0. The average molecular weight is 348 g/mol. The van der Waals surface area contributed by atoms with Crippen LogP contribution in [0.5, 0.6) is 0 Å². The van der Waals surface area contributed by atoms with Gasteiger partial charge < -0.3 is 5.32 Å². The van der Waals surface area contributed by atoms with Crippen molar-refractivity contribution in [2.75, 3.05) is 5.32 Å². The quantitative estimate of drug-likeness (QED) is 0.787. The summed E-state index contributed by atoms with van der Waals surface area (Å²) in [6.45, 7) is 3.57. The Hall–Kier alpha value is -2.18. The summed E-state index contributed by atoms with van der Waals surface area (Å²) in [7, 11) is 0. The molecule has 0 bridgehead atoms. The van der Waals surface area contributed by atoms with Crippen LogP contribution in [-0.2, 0) is 4.79 Å². The third-order valence-electron chi connectivity index (χ3n) is 3.53. The maximum atomic E-state index is 12.5. The van der Waals surface area contributed by atoms with Crippen LogP contribution < -0.4 is 10.9 Å². The summed E-state index contributed by atoms with van der Waals surface area (Å²) in [5.41, 5.74) is 0.292. The number of nitrogens with one attached hydrogen (secondary N) is 1. The molecule has 118 valence electrons. The highest BCUT2D eigenvalue weighted by atomic mass is 35.5. The van der Waals surface area contributed by atoms with Crippen molar-refractivity contribution < 1.29 is 4.79 Å². The maximum Gasteiger partial charge on any atom is 0.262 e. The molecule has 1 atom stereocenters. The lowest BCUT2D eigenvalue weighted by molar-refractivity contribution is -0.118. The van der Waals surface area contributed by atoms with E-state index in [9.17, 15) is 9.59 Å². The van der Waals surface area contributed by atoms with Gasteiger partial charge in [0.25, 0.3) is 5.56 Å². The molecule has 0 aliphatic heterocycles. The molecule has 1 N–H and O–H groups in total. The molecule has 0 saturated heterocycles. The summed E-state index contributed by atoms with van der Waals surface area (Å²) in [6, 6.07) is 8.05. The van der Waals surface area contributed by atoms with Gasteiger partial charge in [-0.1, -0.05) is 23.7 Å². The Kier molecular flexibility index (Phi) is 4.19. The van der Waals surface area contributed by atoms with E-state index in [-0.39, 0.29) is 11.5 Å². The fourth-order valence-electron chi connectivity index (χ4n) is 2.26. The highest BCUT2D eigenvalue weighted by Gasteiger charge is 2.19. The third-order valence-corrected chi connectivity index (χ3v) is 4.82. The third kappa shape index (κ3) is 3.00. The van der Waals surface area contributed by atoms with E-state index < -0.39 is 6.04 Å². The van der Waals surface area contributed by atoms with Crippen molar-refractivity contribution in [1.82, 2.24) is 9.55 Å². The first-order valence-electron chi connectivity index (χ1n) is 7.00. The van der Waals surface area contributed by atoms with E-state index in [1.54, 1.807) is 37.3 Å². The lowest BCUT2D eigenvalue weighted by Gasteiger charge is -2.15. The average Bonchev–Trinajstić information content (AvgIpc) is 2.91. The summed E-state index contributed by atoms with van der Waals surface area (Å²) in [5.74, 6) is -0.326. The number of para-hydroxylation sites is 1. The van der Waals surface area contributed by atoms with Crippen molar-refractivity contribution in [2.45, 2.75) is 19.9 Å². The Morgan fingerprint density at radius 2 is 2.13 bits per heavy atom. The standard InChI is InChI=1S/C16H14ClN3O2S/c1-9-7-11-15(23-9)18-8-20(16(11)22)10(2)14(21)19-13-6-4-3-5-12(13)17/h3-8,10H,1-2H3,(H,19,21)/t10-/m0/s1. The fourth-order valence-corrected chi connectivity index (χ4v) is 3.28. The molecule has 0 fully saturated rings. The zero-order chi connectivity index (χ0) is 16.6. The van der Waals surface area contributed by atoms with Crippen molar-refractivity contribution in [3.63, 3.8) is 0 Å². The predicted octanol–water partition coefficient (Wildman–Crippen LogP) is 3.62. The van der Waals surface area contributed by atoms with Gasteiger partial charge in [0, 0.05) is 4.88 Å². The molecule has 2 aromatic heterocycles. The van der Waals surface area contributed by atoms with Gasteiger partial charge in [0.2, 0.25) is 5.91 Å². The Labute approximate surface area is 141 Å². The Morgan fingerprint density at radius 3 is 2.87 bits per heavy atom. The minimum Gasteiger partial charge on any atom is -0.323 e. The number of carbonyl (C=O) groups excluding carboxylic acids is 1. The summed E-state index contributed by atoms with van der Waals surface area (Å²) in [6.07, 6.45) is 1.41. The number of anilines is 1. The molecule has 0 aliphatic carbocycles. The number of thiophene rings is 1. The lowest BCUT2D eigenvalue weighted by Crippen LogP contribution is -2.31. The summed E-state index contributed by atoms with van der Waals surface area (Å²) >= 11 is 7.49. The second kappa shape index (κ2) is 6.14. The van der Waals surface area contributed by atoms with E-state index in [4.69, 9.17) is 11.6 Å². The summed E-state index contributed by atoms with van der Waals surface area (Å²) in [4.78, 5) is 30.9. The van der Waals surface area contributed by atoms with Gasteiger partial charge in [-0.05, 0) is 32.0 Å². The topological polar surface area (TPSA) is 64.0 Å². The largest absolute Gasteiger partial charge is 0.323 e. The number of hydrogen-bond acceptors (Lipinski definition) is 4. The number of aromatic nitrogens is 2. The number of nitrogens with zero attached hydrogens (tertiary/aromatic N) is 2. The second-order valence-corrected chi connectivity index (χ2v) is 6.82. The molecular formula is C16H14ClN3O2S. The number of carbonyl (C=O) groups is 1. The van der Waals surface area contributed by atoms with Gasteiger partial charge in [-0.25, -0.2) is 4.98 Å². The molecule has 23 heavy (non-hydrogen) atoms. The summed E-state index contributed by atoms with van der Waals surface area (Å²) < 4.78 is 1.33. The van der Waals surface area contributed by atoms with Crippen molar-refractivity contribution in [1.29, 1.82) is 0 Å². The van der Waals surface area contributed by atoms with Crippen LogP contribution in [0, 0.1) is 6.92 Å². The fraction of sp³-hybridized carbons (Fsp3) is 0.188. The smallest absolute Gasteiger partial charge is 0.262 e. The van der Waals surface area contributed by atoms with Crippen LogP contribution in [0.25, 0.3) is 10.2 Å². The van der Waals surface area contributed by atoms with Crippen LogP contribution in [0.1, 0.15) is 17.8 Å². The first-order valence-corrected chi connectivity index (χ1v) is 8.19.